The zero-order chi connectivity index (χ0) is 16.0. The van der Waals surface area contributed by atoms with Crippen molar-refractivity contribution in [3.05, 3.63) is 28.8 Å². The lowest BCUT2D eigenvalue weighted by Crippen LogP contribution is -2.28. The number of aliphatic hydroxyl groups is 3. The minimum atomic E-state index is -0.722. The number of aliphatic hydroxyl groups excluding tert-OH is 3. The van der Waals surface area contributed by atoms with E-state index < -0.39 is 12.2 Å². The zero-order valence-corrected chi connectivity index (χ0v) is 13.3. The number of aromatic nitrogens is 2. The van der Waals surface area contributed by atoms with Crippen molar-refractivity contribution in [2.45, 2.75) is 39.4 Å². The van der Waals surface area contributed by atoms with E-state index in [0.717, 1.165) is 17.7 Å². The van der Waals surface area contributed by atoms with Gasteiger partial charge in [-0.2, -0.15) is 0 Å². The van der Waals surface area contributed by atoms with Crippen molar-refractivity contribution in [2.75, 3.05) is 6.61 Å². The van der Waals surface area contributed by atoms with Crippen molar-refractivity contribution < 1.29 is 15.3 Å². The zero-order valence-electron chi connectivity index (χ0n) is 12.6. The molecule has 0 radical (unpaired) electrons. The Morgan fingerprint density at radius 1 is 1.33 bits per heavy atom. The maximum Gasteiger partial charge on any atom is 0.139 e. The van der Waals surface area contributed by atoms with Gasteiger partial charge in [-0.3, -0.25) is 0 Å². The van der Waals surface area contributed by atoms with Gasteiger partial charge in [0.2, 0.25) is 0 Å². The molecule has 4 unspecified atom stereocenters. The molecule has 118 valence electrons. The topological polar surface area (TPSA) is 86.5 Å². The SMILES string of the molecule is C/C=C\c1c(C)ncnc1Cl.CC1CC(CO)C(O)C1O. The van der Waals surface area contributed by atoms with Crippen LogP contribution < -0.4 is 0 Å². The van der Waals surface area contributed by atoms with Gasteiger partial charge in [0.1, 0.15) is 11.5 Å². The summed E-state index contributed by atoms with van der Waals surface area (Å²) in [5.74, 6) is -0.00264. The van der Waals surface area contributed by atoms with Crippen LogP contribution in [0.3, 0.4) is 0 Å². The highest BCUT2D eigenvalue weighted by atomic mass is 35.5. The normalized spacial score (nSPS) is 28.5. The molecular weight excluding hydrogens is 292 g/mol. The van der Waals surface area contributed by atoms with E-state index in [-0.39, 0.29) is 18.4 Å². The predicted octanol–water partition coefficient (Wildman–Crippen LogP) is 1.83. The Labute approximate surface area is 130 Å². The monoisotopic (exact) mass is 314 g/mol. The van der Waals surface area contributed by atoms with Crippen molar-refractivity contribution in [3.63, 3.8) is 0 Å². The standard InChI is InChI=1S/C8H9ClN2.C7H14O3/c1-3-4-7-6(2)10-5-11-8(7)9;1-4-2-5(3-8)7(10)6(4)9/h3-5H,1-2H3;4-10H,2-3H2,1H3/b4-3-;. The Morgan fingerprint density at radius 3 is 2.38 bits per heavy atom. The second-order valence-corrected chi connectivity index (χ2v) is 5.66. The maximum absolute atomic E-state index is 9.22. The molecular formula is C15H23ClN2O3. The molecule has 1 aromatic rings. The number of hydrogen-bond acceptors (Lipinski definition) is 5. The van der Waals surface area contributed by atoms with Crippen LogP contribution in [0.4, 0.5) is 0 Å². The Kier molecular flexibility index (Phi) is 7.25. The van der Waals surface area contributed by atoms with Crippen molar-refractivity contribution >= 4 is 17.7 Å². The number of nitrogens with zero attached hydrogens (tertiary/aromatic N) is 2. The number of aryl methyl sites for hydroxylation is 1. The molecule has 0 amide bonds. The molecule has 21 heavy (non-hydrogen) atoms. The van der Waals surface area contributed by atoms with E-state index in [1.165, 1.54) is 6.33 Å². The third kappa shape index (κ3) is 4.74. The number of hydrogen-bond donors (Lipinski definition) is 3. The summed E-state index contributed by atoms with van der Waals surface area (Å²) in [5, 5.41) is 27.6. The van der Waals surface area contributed by atoms with Crippen LogP contribution in [0.15, 0.2) is 12.4 Å². The molecule has 0 spiro atoms. The lowest BCUT2D eigenvalue weighted by molar-refractivity contribution is -0.00366. The molecule has 1 heterocycles. The lowest BCUT2D eigenvalue weighted by Gasteiger charge is -2.13. The molecule has 0 aliphatic heterocycles. The summed E-state index contributed by atoms with van der Waals surface area (Å²) in [4.78, 5) is 7.87. The molecule has 0 aromatic carbocycles. The van der Waals surface area contributed by atoms with Crippen molar-refractivity contribution in [1.82, 2.24) is 9.97 Å². The first-order valence-corrected chi connectivity index (χ1v) is 7.36. The molecule has 4 atom stereocenters. The van der Waals surface area contributed by atoms with Crippen LogP contribution in [-0.4, -0.2) is 44.1 Å². The number of rotatable bonds is 2. The smallest absolute Gasteiger partial charge is 0.139 e. The third-order valence-corrected chi connectivity index (χ3v) is 3.99. The van der Waals surface area contributed by atoms with Crippen LogP contribution in [0, 0.1) is 18.8 Å². The first kappa shape index (κ1) is 18.0. The molecule has 1 saturated carbocycles. The summed E-state index contributed by atoms with van der Waals surface area (Å²) >= 11 is 5.81. The van der Waals surface area contributed by atoms with E-state index in [4.69, 9.17) is 16.7 Å². The molecule has 1 aliphatic carbocycles. The van der Waals surface area contributed by atoms with Gasteiger partial charge in [0.05, 0.1) is 12.2 Å². The second kappa shape index (κ2) is 8.44. The van der Waals surface area contributed by atoms with Gasteiger partial charge in [-0.1, -0.05) is 30.7 Å². The molecule has 0 saturated heterocycles. The van der Waals surface area contributed by atoms with Crippen molar-refractivity contribution in [1.29, 1.82) is 0 Å². The van der Waals surface area contributed by atoms with Crippen LogP contribution in [-0.2, 0) is 0 Å². The van der Waals surface area contributed by atoms with Crippen LogP contribution >= 0.6 is 11.6 Å². The Hall–Kier alpha value is -1.01. The average molecular weight is 315 g/mol. The number of allylic oxidation sites excluding steroid dienone is 1. The predicted molar refractivity (Wildman–Crippen MR) is 82.9 cm³/mol. The van der Waals surface area contributed by atoms with Gasteiger partial charge < -0.3 is 15.3 Å². The van der Waals surface area contributed by atoms with E-state index in [0.29, 0.717) is 5.15 Å². The highest BCUT2D eigenvalue weighted by Gasteiger charge is 2.38. The van der Waals surface area contributed by atoms with Gasteiger partial charge in [0.15, 0.2) is 0 Å². The summed E-state index contributed by atoms with van der Waals surface area (Å²) in [6, 6.07) is 0. The highest BCUT2D eigenvalue weighted by Crippen LogP contribution is 2.30. The summed E-state index contributed by atoms with van der Waals surface area (Å²) in [6.07, 6.45) is 4.64. The molecule has 3 N–H and O–H groups in total. The first-order chi connectivity index (χ1) is 9.92. The number of halogens is 1. The molecule has 6 heteroatoms. The maximum atomic E-state index is 9.22. The highest BCUT2D eigenvalue weighted by molar-refractivity contribution is 6.30. The van der Waals surface area contributed by atoms with Gasteiger partial charge in [-0.15, -0.1) is 0 Å². The van der Waals surface area contributed by atoms with Gasteiger partial charge in [0, 0.05) is 23.8 Å². The Morgan fingerprint density at radius 2 is 2.00 bits per heavy atom. The quantitative estimate of drug-likeness (QED) is 0.725. The third-order valence-electron chi connectivity index (χ3n) is 3.69. The summed E-state index contributed by atoms with van der Waals surface area (Å²) in [7, 11) is 0. The summed E-state index contributed by atoms with van der Waals surface area (Å²) in [6.45, 7) is 5.69. The van der Waals surface area contributed by atoms with Gasteiger partial charge in [-0.25, -0.2) is 9.97 Å². The largest absolute Gasteiger partial charge is 0.396 e. The van der Waals surface area contributed by atoms with Crippen LogP contribution in [0.5, 0.6) is 0 Å². The molecule has 0 bridgehead atoms. The average Bonchev–Trinajstić information content (AvgIpc) is 2.71. The Balaban J connectivity index is 0.000000211. The van der Waals surface area contributed by atoms with Crippen LogP contribution in [0.2, 0.25) is 5.15 Å². The second-order valence-electron chi connectivity index (χ2n) is 5.30. The fraction of sp³-hybridized carbons (Fsp3) is 0.600. The lowest BCUT2D eigenvalue weighted by atomic mass is 10.1. The molecule has 1 aliphatic rings. The van der Waals surface area contributed by atoms with Gasteiger partial charge in [0.25, 0.3) is 0 Å². The molecule has 1 aromatic heterocycles. The van der Waals surface area contributed by atoms with E-state index in [1.54, 1.807) is 0 Å². The van der Waals surface area contributed by atoms with E-state index in [1.807, 2.05) is 32.9 Å². The minimum absolute atomic E-state index is 0.0252. The van der Waals surface area contributed by atoms with Gasteiger partial charge in [-0.05, 0) is 26.2 Å². The van der Waals surface area contributed by atoms with E-state index >= 15 is 0 Å². The molecule has 5 nitrogen and oxygen atoms in total. The summed E-state index contributed by atoms with van der Waals surface area (Å²) in [5.41, 5.74) is 1.81. The fourth-order valence-corrected chi connectivity index (χ4v) is 2.61. The molecule has 1 fully saturated rings. The van der Waals surface area contributed by atoms with Crippen molar-refractivity contribution in [3.8, 4) is 0 Å². The summed E-state index contributed by atoms with van der Waals surface area (Å²) < 4.78 is 0. The first-order valence-electron chi connectivity index (χ1n) is 6.99. The van der Waals surface area contributed by atoms with Crippen molar-refractivity contribution in [2.24, 2.45) is 11.8 Å². The van der Waals surface area contributed by atoms with Gasteiger partial charge >= 0.3 is 0 Å². The van der Waals surface area contributed by atoms with Crippen LogP contribution in [0.25, 0.3) is 6.08 Å². The van der Waals surface area contributed by atoms with E-state index in [9.17, 15) is 10.2 Å². The molecule has 2 rings (SSSR count). The van der Waals surface area contributed by atoms with Crippen LogP contribution in [0.1, 0.15) is 31.5 Å². The Bertz CT molecular complexity index is 462. The van der Waals surface area contributed by atoms with E-state index in [2.05, 4.69) is 9.97 Å². The minimum Gasteiger partial charge on any atom is -0.396 e. The fourth-order valence-electron chi connectivity index (χ4n) is 2.36.